The van der Waals surface area contributed by atoms with Crippen molar-refractivity contribution < 1.29 is 13.6 Å². The van der Waals surface area contributed by atoms with Crippen LogP contribution in [0, 0.1) is 11.6 Å². The third-order valence-corrected chi connectivity index (χ3v) is 4.22. The Bertz CT molecular complexity index is 499. The van der Waals surface area contributed by atoms with Crippen molar-refractivity contribution in [3.05, 3.63) is 35.4 Å². The number of nitrogens with one attached hydrogen (secondary N) is 1. The number of carbonyl (C=O) groups is 1. The summed E-state index contributed by atoms with van der Waals surface area (Å²) in [5.41, 5.74) is -0.189. The van der Waals surface area contributed by atoms with E-state index in [2.05, 4.69) is 12.2 Å². The first-order valence-electron chi connectivity index (χ1n) is 7.48. The summed E-state index contributed by atoms with van der Waals surface area (Å²) in [6.45, 7) is 3.02. The summed E-state index contributed by atoms with van der Waals surface area (Å²) in [5.74, 6) is -1.71. The summed E-state index contributed by atoms with van der Waals surface area (Å²) < 4.78 is 26.9. The van der Waals surface area contributed by atoms with Crippen molar-refractivity contribution in [1.82, 2.24) is 10.2 Å². The highest BCUT2D eigenvalue weighted by Gasteiger charge is 2.28. The molecule has 1 saturated carbocycles. The molecule has 1 amide bonds. The molecule has 0 atom stereocenters. The fourth-order valence-electron chi connectivity index (χ4n) is 2.97. The van der Waals surface area contributed by atoms with Crippen LogP contribution in [0.3, 0.4) is 0 Å². The zero-order valence-electron chi connectivity index (χ0n) is 12.5. The van der Waals surface area contributed by atoms with E-state index in [0.29, 0.717) is 6.04 Å². The molecule has 116 valence electrons. The number of carbonyl (C=O) groups excluding carboxylic acids is 1. The molecule has 1 aliphatic rings. The van der Waals surface area contributed by atoms with E-state index in [9.17, 15) is 13.6 Å². The SMILES string of the molecule is CCNC1CCC(N(C)C(=O)c2cc(F)ccc2F)CC1. The molecule has 3 nitrogen and oxygen atoms in total. The second-order valence-corrected chi connectivity index (χ2v) is 5.60. The molecule has 1 fully saturated rings. The third-order valence-electron chi connectivity index (χ3n) is 4.22. The fourth-order valence-corrected chi connectivity index (χ4v) is 2.97. The summed E-state index contributed by atoms with van der Waals surface area (Å²) in [6.07, 6.45) is 3.78. The zero-order valence-corrected chi connectivity index (χ0v) is 12.5. The van der Waals surface area contributed by atoms with Gasteiger partial charge < -0.3 is 10.2 Å². The van der Waals surface area contributed by atoms with Gasteiger partial charge in [-0.1, -0.05) is 6.92 Å². The summed E-state index contributed by atoms with van der Waals surface area (Å²) in [5, 5.41) is 3.41. The quantitative estimate of drug-likeness (QED) is 0.926. The van der Waals surface area contributed by atoms with Gasteiger partial charge in [-0.05, 0) is 50.4 Å². The van der Waals surface area contributed by atoms with Crippen molar-refractivity contribution >= 4 is 5.91 Å². The van der Waals surface area contributed by atoms with Crippen molar-refractivity contribution in [2.24, 2.45) is 0 Å². The van der Waals surface area contributed by atoms with Gasteiger partial charge in [0, 0.05) is 19.1 Å². The molecular formula is C16H22F2N2O. The molecule has 0 aromatic heterocycles. The van der Waals surface area contributed by atoms with Gasteiger partial charge >= 0.3 is 0 Å². The second-order valence-electron chi connectivity index (χ2n) is 5.60. The topological polar surface area (TPSA) is 32.3 Å². The first-order chi connectivity index (χ1) is 10.0. The largest absolute Gasteiger partial charge is 0.339 e. The molecule has 0 unspecified atom stereocenters. The predicted octanol–water partition coefficient (Wildman–Crippen LogP) is 2.96. The summed E-state index contributed by atoms with van der Waals surface area (Å²) >= 11 is 0. The van der Waals surface area contributed by atoms with Crippen LogP contribution in [0.5, 0.6) is 0 Å². The van der Waals surface area contributed by atoms with Crippen LogP contribution in [0.15, 0.2) is 18.2 Å². The Morgan fingerprint density at radius 2 is 1.95 bits per heavy atom. The van der Waals surface area contributed by atoms with E-state index in [1.807, 2.05) is 0 Å². The minimum absolute atomic E-state index is 0.0927. The first-order valence-corrected chi connectivity index (χ1v) is 7.48. The van der Waals surface area contributed by atoms with Gasteiger partial charge in [0.15, 0.2) is 0 Å². The highest BCUT2D eigenvalue weighted by Crippen LogP contribution is 2.24. The van der Waals surface area contributed by atoms with E-state index >= 15 is 0 Å². The summed E-state index contributed by atoms with van der Waals surface area (Å²) in [7, 11) is 1.67. The van der Waals surface area contributed by atoms with Crippen molar-refractivity contribution in [3.8, 4) is 0 Å². The van der Waals surface area contributed by atoms with E-state index in [1.165, 1.54) is 0 Å². The minimum Gasteiger partial charge on any atom is -0.339 e. The van der Waals surface area contributed by atoms with E-state index in [-0.39, 0.29) is 11.6 Å². The van der Waals surface area contributed by atoms with E-state index < -0.39 is 17.5 Å². The van der Waals surface area contributed by atoms with Gasteiger partial charge in [0.1, 0.15) is 11.6 Å². The van der Waals surface area contributed by atoms with E-state index in [0.717, 1.165) is 50.4 Å². The maximum Gasteiger partial charge on any atom is 0.256 e. The smallest absolute Gasteiger partial charge is 0.256 e. The van der Waals surface area contributed by atoms with Crippen LogP contribution in [0.4, 0.5) is 8.78 Å². The summed E-state index contributed by atoms with van der Waals surface area (Å²) in [6, 6.07) is 3.58. The Kier molecular flexibility index (Phi) is 5.28. The lowest BCUT2D eigenvalue weighted by Gasteiger charge is -2.35. The number of hydrogen-bond donors (Lipinski definition) is 1. The number of amides is 1. The van der Waals surface area contributed by atoms with Crippen LogP contribution in [0.1, 0.15) is 43.0 Å². The normalized spacial score (nSPS) is 22.1. The molecule has 1 N–H and O–H groups in total. The van der Waals surface area contributed by atoms with Crippen LogP contribution in [-0.4, -0.2) is 36.5 Å². The standard InChI is InChI=1S/C16H22F2N2O/c1-3-19-12-5-7-13(8-6-12)20(2)16(21)14-10-11(17)4-9-15(14)18/h4,9-10,12-13,19H,3,5-8H2,1-2H3. The Labute approximate surface area is 124 Å². The average molecular weight is 296 g/mol. The predicted molar refractivity (Wildman–Crippen MR) is 78.2 cm³/mol. The Balaban J connectivity index is 2.01. The minimum atomic E-state index is -0.672. The average Bonchev–Trinajstić information content (AvgIpc) is 2.49. The van der Waals surface area contributed by atoms with Crippen molar-refractivity contribution in [2.45, 2.75) is 44.7 Å². The molecule has 2 rings (SSSR count). The lowest BCUT2D eigenvalue weighted by atomic mass is 9.90. The van der Waals surface area contributed by atoms with Crippen LogP contribution in [0.2, 0.25) is 0 Å². The van der Waals surface area contributed by atoms with Gasteiger partial charge in [0.25, 0.3) is 5.91 Å². The van der Waals surface area contributed by atoms with Gasteiger partial charge in [-0.25, -0.2) is 8.78 Å². The fraction of sp³-hybridized carbons (Fsp3) is 0.562. The monoisotopic (exact) mass is 296 g/mol. The molecule has 1 aromatic carbocycles. The number of hydrogen-bond acceptors (Lipinski definition) is 2. The van der Waals surface area contributed by atoms with Gasteiger partial charge in [-0.3, -0.25) is 4.79 Å². The number of nitrogens with zero attached hydrogens (tertiary/aromatic N) is 1. The van der Waals surface area contributed by atoms with Gasteiger partial charge in [-0.15, -0.1) is 0 Å². The van der Waals surface area contributed by atoms with Crippen molar-refractivity contribution in [3.63, 3.8) is 0 Å². The van der Waals surface area contributed by atoms with E-state index in [1.54, 1.807) is 11.9 Å². The molecule has 0 heterocycles. The van der Waals surface area contributed by atoms with E-state index in [4.69, 9.17) is 0 Å². The molecule has 0 radical (unpaired) electrons. The molecule has 21 heavy (non-hydrogen) atoms. The highest BCUT2D eigenvalue weighted by molar-refractivity contribution is 5.94. The zero-order chi connectivity index (χ0) is 15.4. The lowest BCUT2D eigenvalue weighted by Crippen LogP contribution is -2.43. The Morgan fingerprint density at radius 3 is 2.57 bits per heavy atom. The molecule has 5 heteroatoms. The molecule has 0 aliphatic heterocycles. The van der Waals surface area contributed by atoms with Crippen LogP contribution in [0.25, 0.3) is 0 Å². The number of halogens is 2. The molecular weight excluding hydrogens is 274 g/mol. The lowest BCUT2D eigenvalue weighted by molar-refractivity contribution is 0.0679. The van der Waals surface area contributed by atoms with Crippen LogP contribution < -0.4 is 5.32 Å². The van der Waals surface area contributed by atoms with Crippen molar-refractivity contribution in [1.29, 1.82) is 0 Å². The maximum absolute atomic E-state index is 13.7. The van der Waals surface area contributed by atoms with Crippen LogP contribution in [-0.2, 0) is 0 Å². The molecule has 0 spiro atoms. The maximum atomic E-state index is 13.7. The number of rotatable bonds is 4. The van der Waals surface area contributed by atoms with Gasteiger partial charge in [0.05, 0.1) is 5.56 Å². The first kappa shape index (κ1) is 15.9. The molecule has 0 saturated heterocycles. The summed E-state index contributed by atoms with van der Waals surface area (Å²) in [4.78, 5) is 13.9. The van der Waals surface area contributed by atoms with Gasteiger partial charge in [-0.2, -0.15) is 0 Å². The van der Waals surface area contributed by atoms with Crippen LogP contribution >= 0.6 is 0 Å². The van der Waals surface area contributed by atoms with Gasteiger partial charge in [0.2, 0.25) is 0 Å². The third kappa shape index (κ3) is 3.79. The number of benzene rings is 1. The molecule has 1 aliphatic carbocycles. The Morgan fingerprint density at radius 1 is 1.29 bits per heavy atom. The molecule has 0 bridgehead atoms. The molecule has 1 aromatic rings. The Hall–Kier alpha value is -1.49. The van der Waals surface area contributed by atoms with Crippen molar-refractivity contribution in [2.75, 3.05) is 13.6 Å². The second kappa shape index (κ2) is 6.98. The highest BCUT2D eigenvalue weighted by atomic mass is 19.1.